The van der Waals surface area contributed by atoms with Crippen LogP contribution in [-0.2, 0) is 16.1 Å². The van der Waals surface area contributed by atoms with E-state index < -0.39 is 6.04 Å². The van der Waals surface area contributed by atoms with Gasteiger partial charge in [0, 0.05) is 43.2 Å². The van der Waals surface area contributed by atoms with Crippen LogP contribution in [0.2, 0.25) is 0 Å². The number of piperidine rings is 3. The summed E-state index contributed by atoms with van der Waals surface area (Å²) in [5, 5.41) is 5.85. The fraction of sp³-hybridized carbons (Fsp3) is 0.609. The normalized spacial score (nSPS) is 27.9. The number of nitrogens with zero attached hydrogens (tertiary/aromatic N) is 2. The molecule has 4 aliphatic heterocycles. The molecule has 3 amide bonds. The van der Waals surface area contributed by atoms with Gasteiger partial charge in [-0.05, 0) is 50.8 Å². The van der Waals surface area contributed by atoms with Gasteiger partial charge in [0.05, 0.1) is 6.54 Å². The van der Waals surface area contributed by atoms with Gasteiger partial charge in [-0.15, -0.1) is 0 Å². The fourth-order valence-electron chi connectivity index (χ4n) is 5.35. The molecule has 8 heteroatoms. The molecular weight excluding hydrogens is 396 g/mol. The molecule has 8 nitrogen and oxygen atoms in total. The predicted octanol–water partition coefficient (Wildman–Crippen LogP) is 1.04. The Balaban J connectivity index is 1.24. The van der Waals surface area contributed by atoms with E-state index in [2.05, 4.69) is 15.5 Å². The number of likely N-dealkylation sites (tertiary alicyclic amines) is 1. The van der Waals surface area contributed by atoms with Crippen LogP contribution in [0.25, 0.3) is 0 Å². The Morgan fingerprint density at radius 3 is 2.61 bits per heavy atom. The van der Waals surface area contributed by atoms with Crippen molar-refractivity contribution >= 4 is 17.7 Å². The molecule has 31 heavy (non-hydrogen) atoms. The second-order valence-corrected chi connectivity index (χ2v) is 9.04. The first-order chi connectivity index (χ1) is 15.1. The molecule has 166 valence electrons. The minimum absolute atomic E-state index is 0.138. The number of hydrogen-bond acceptors (Lipinski definition) is 6. The highest BCUT2D eigenvalue weighted by molar-refractivity contribution is 6.05. The molecule has 4 heterocycles. The number of rotatable bonds is 4. The monoisotopic (exact) mass is 426 g/mol. The van der Waals surface area contributed by atoms with Crippen LogP contribution in [0.5, 0.6) is 5.75 Å². The molecule has 2 atom stereocenters. The number of benzene rings is 1. The Bertz CT molecular complexity index is 874. The lowest BCUT2D eigenvalue weighted by molar-refractivity contribution is -0.136. The van der Waals surface area contributed by atoms with Gasteiger partial charge in [-0.3, -0.25) is 24.6 Å². The molecule has 1 aromatic carbocycles. The van der Waals surface area contributed by atoms with E-state index in [1.54, 1.807) is 11.0 Å². The Morgan fingerprint density at radius 2 is 1.87 bits per heavy atom. The molecule has 0 radical (unpaired) electrons. The van der Waals surface area contributed by atoms with Gasteiger partial charge in [-0.2, -0.15) is 0 Å². The summed E-state index contributed by atoms with van der Waals surface area (Å²) in [6.07, 6.45) is 5.23. The van der Waals surface area contributed by atoms with E-state index in [9.17, 15) is 14.4 Å². The topological polar surface area (TPSA) is 91.0 Å². The number of fused-ring (bicyclic) bond motifs is 1. The van der Waals surface area contributed by atoms with Gasteiger partial charge in [-0.1, -0.05) is 6.07 Å². The van der Waals surface area contributed by atoms with Crippen LogP contribution in [0.3, 0.4) is 0 Å². The van der Waals surface area contributed by atoms with Crippen molar-refractivity contribution in [3.8, 4) is 5.75 Å². The first-order valence-electron chi connectivity index (χ1n) is 11.5. The van der Waals surface area contributed by atoms with Gasteiger partial charge < -0.3 is 15.0 Å². The van der Waals surface area contributed by atoms with Crippen LogP contribution in [-0.4, -0.2) is 71.9 Å². The van der Waals surface area contributed by atoms with Gasteiger partial charge in [0.25, 0.3) is 5.91 Å². The summed E-state index contributed by atoms with van der Waals surface area (Å²) in [5.74, 6) is -0.0674. The summed E-state index contributed by atoms with van der Waals surface area (Å²) in [6.45, 7) is 4.63. The van der Waals surface area contributed by atoms with Crippen molar-refractivity contribution in [3.63, 3.8) is 0 Å². The minimum Gasteiger partial charge on any atom is -0.490 e. The van der Waals surface area contributed by atoms with Crippen LogP contribution in [0.1, 0.15) is 54.4 Å². The second kappa shape index (κ2) is 8.59. The Labute approximate surface area is 182 Å². The maximum atomic E-state index is 13.0. The standard InChI is InChI=1S/C23H30N4O4/c28-21-7-6-19(22(29)25-21)27-14-18-17(23(27)30)4-1-5-20(18)31-16-8-11-26(12-9-16)15-3-2-10-24-13-15/h1,4-5,15-16,19,24H,2-3,6-14H2,(H,25,28,29). The van der Waals surface area contributed by atoms with E-state index >= 15 is 0 Å². The SMILES string of the molecule is O=C1CCC(N2Cc3c(OC4CCN(C5CCCNC5)CC4)cccc3C2=O)C(=O)N1. The number of nitrogens with one attached hydrogen (secondary N) is 2. The molecule has 0 spiro atoms. The van der Waals surface area contributed by atoms with Gasteiger partial charge in [0.2, 0.25) is 11.8 Å². The van der Waals surface area contributed by atoms with Gasteiger partial charge >= 0.3 is 0 Å². The first-order valence-corrected chi connectivity index (χ1v) is 11.5. The summed E-state index contributed by atoms with van der Waals surface area (Å²) >= 11 is 0. The minimum atomic E-state index is -0.599. The lowest BCUT2D eigenvalue weighted by Crippen LogP contribution is -2.52. The highest BCUT2D eigenvalue weighted by Gasteiger charge is 2.40. The molecule has 0 bridgehead atoms. The maximum Gasteiger partial charge on any atom is 0.255 e. The molecule has 3 fully saturated rings. The number of hydrogen-bond donors (Lipinski definition) is 2. The van der Waals surface area contributed by atoms with Gasteiger partial charge in [-0.25, -0.2) is 0 Å². The van der Waals surface area contributed by atoms with E-state index in [4.69, 9.17) is 4.74 Å². The van der Waals surface area contributed by atoms with Crippen molar-refractivity contribution in [2.75, 3.05) is 26.2 Å². The lowest BCUT2D eigenvalue weighted by Gasteiger charge is -2.39. The van der Waals surface area contributed by atoms with Crippen LogP contribution in [0, 0.1) is 0 Å². The zero-order valence-electron chi connectivity index (χ0n) is 17.8. The smallest absolute Gasteiger partial charge is 0.255 e. The molecule has 2 N–H and O–H groups in total. The van der Waals surface area contributed by atoms with Crippen molar-refractivity contribution in [1.29, 1.82) is 0 Å². The average Bonchev–Trinajstić information content (AvgIpc) is 3.12. The molecule has 4 aliphatic rings. The number of ether oxygens (including phenoxy) is 1. The molecule has 1 aromatic rings. The molecule has 3 saturated heterocycles. The lowest BCUT2D eigenvalue weighted by atomic mass is 10.0. The molecule has 0 aromatic heterocycles. The number of carbonyl (C=O) groups excluding carboxylic acids is 3. The molecular formula is C23H30N4O4. The summed E-state index contributed by atoms with van der Waals surface area (Å²) in [5.41, 5.74) is 1.46. The zero-order chi connectivity index (χ0) is 21.4. The fourth-order valence-corrected chi connectivity index (χ4v) is 5.35. The van der Waals surface area contributed by atoms with E-state index in [1.807, 2.05) is 12.1 Å². The van der Waals surface area contributed by atoms with Crippen LogP contribution >= 0.6 is 0 Å². The molecule has 2 unspecified atom stereocenters. The maximum absolute atomic E-state index is 13.0. The van der Waals surface area contributed by atoms with Crippen molar-refractivity contribution < 1.29 is 19.1 Å². The van der Waals surface area contributed by atoms with Crippen LogP contribution in [0.15, 0.2) is 18.2 Å². The van der Waals surface area contributed by atoms with E-state index in [0.717, 1.165) is 50.3 Å². The van der Waals surface area contributed by atoms with E-state index in [1.165, 1.54) is 12.8 Å². The number of carbonyl (C=O) groups is 3. The first kappa shape index (κ1) is 20.5. The second-order valence-electron chi connectivity index (χ2n) is 9.04. The summed E-state index contributed by atoms with van der Waals surface area (Å²) in [7, 11) is 0. The third-order valence-electron chi connectivity index (χ3n) is 7.10. The molecule has 0 saturated carbocycles. The predicted molar refractivity (Wildman–Crippen MR) is 114 cm³/mol. The summed E-state index contributed by atoms with van der Waals surface area (Å²) in [4.78, 5) is 40.9. The summed E-state index contributed by atoms with van der Waals surface area (Å²) in [6, 6.07) is 5.61. The largest absolute Gasteiger partial charge is 0.490 e. The quantitative estimate of drug-likeness (QED) is 0.700. The van der Waals surface area contributed by atoms with Gasteiger partial charge in [0.15, 0.2) is 0 Å². The van der Waals surface area contributed by atoms with Crippen molar-refractivity contribution in [3.05, 3.63) is 29.3 Å². The Kier molecular flexibility index (Phi) is 5.67. The van der Waals surface area contributed by atoms with Crippen LogP contribution < -0.4 is 15.4 Å². The highest BCUT2D eigenvalue weighted by atomic mass is 16.5. The molecule has 0 aliphatic carbocycles. The van der Waals surface area contributed by atoms with Crippen molar-refractivity contribution in [2.45, 2.75) is 63.3 Å². The zero-order valence-corrected chi connectivity index (χ0v) is 17.8. The number of amides is 3. The molecule has 5 rings (SSSR count). The van der Waals surface area contributed by atoms with Gasteiger partial charge in [0.1, 0.15) is 17.9 Å². The van der Waals surface area contributed by atoms with Crippen molar-refractivity contribution in [1.82, 2.24) is 20.4 Å². The highest BCUT2D eigenvalue weighted by Crippen LogP contribution is 2.35. The van der Waals surface area contributed by atoms with Crippen molar-refractivity contribution in [2.24, 2.45) is 0 Å². The third-order valence-corrected chi connectivity index (χ3v) is 7.10. The average molecular weight is 427 g/mol. The summed E-state index contributed by atoms with van der Waals surface area (Å²) < 4.78 is 6.39. The van der Waals surface area contributed by atoms with Crippen LogP contribution in [0.4, 0.5) is 0 Å². The third kappa shape index (κ3) is 4.06. The van der Waals surface area contributed by atoms with E-state index in [-0.39, 0.29) is 30.2 Å². The Morgan fingerprint density at radius 1 is 1.03 bits per heavy atom. The number of imide groups is 1. The van der Waals surface area contributed by atoms with E-state index in [0.29, 0.717) is 24.6 Å². The Hall–Kier alpha value is -2.45.